The summed E-state index contributed by atoms with van der Waals surface area (Å²) in [4.78, 5) is 0. The number of para-hydroxylation sites is 3. The Hall–Kier alpha value is -6.00. The largest absolute Gasteiger partial charge is 0.458 e. The molecule has 3 nitrogen and oxygen atoms in total. The molecule has 0 fully saturated rings. The van der Waals surface area contributed by atoms with Crippen LogP contribution in [0.1, 0.15) is 0 Å². The number of aromatic nitrogens is 1. The van der Waals surface area contributed by atoms with Crippen LogP contribution >= 0.6 is 0 Å². The van der Waals surface area contributed by atoms with Crippen molar-refractivity contribution in [2.75, 3.05) is 0 Å². The normalized spacial score (nSPS) is 12.7. The van der Waals surface area contributed by atoms with E-state index in [2.05, 4.69) is 144 Å². The predicted molar refractivity (Wildman–Crippen MR) is 189 cm³/mol. The molecule has 4 heteroatoms. The second-order valence-corrected chi connectivity index (χ2v) is 12.1. The lowest BCUT2D eigenvalue weighted by molar-refractivity contribution is 0.465. The van der Waals surface area contributed by atoms with Crippen LogP contribution in [0.3, 0.4) is 0 Å². The highest BCUT2D eigenvalue weighted by Crippen LogP contribution is 2.39. The van der Waals surface area contributed by atoms with Crippen LogP contribution in [0.15, 0.2) is 158 Å². The maximum absolute atomic E-state index is 6.67. The van der Waals surface area contributed by atoms with Crippen LogP contribution in [0.4, 0.5) is 0 Å². The van der Waals surface area contributed by atoms with Crippen molar-refractivity contribution in [2.24, 2.45) is 0 Å². The maximum Gasteiger partial charge on any atom is 0.260 e. The van der Waals surface area contributed by atoms with Crippen LogP contribution in [0.2, 0.25) is 0 Å². The Morgan fingerprint density at radius 3 is 1.85 bits per heavy atom. The Balaban J connectivity index is 1.10. The van der Waals surface area contributed by atoms with Crippen molar-refractivity contribution in [1.82, 2.24) is 4.57 Å². The second kappa shape index (κ2) is 9.75. The molecule has 0 amide bonds. The van der Waals surface area contributed by atoms with Gasteiger partial charge in [-0.25, -0.2) is 0 Å². The van der Waals surface area contributed by atoms with Gasteiger partial charge in [0.05, 0.1) is 11.0 Å². The third kappa shape index (κ3) is 3.67. The van der Waals surface area contributed by atoms with Crippen molar-refractivity contribution >= 4 is 44.9 Å². The molecular formula is C42H26BNO2. The van der Waals surface area contributed by atoms with Gasteiger partial charge < -0.3 is 14.0 Å². The highest BCUT2D eigenvalue weighted by molar-refractivity contribution is 6.98. The molecule has 0 bridgehead atoms. The van der Waals surface area contributed by atoms with Gasteiger partial charge in [-0.1, -0.05) is 115 Å². The van der Waals surface area contributed by atoms with E-state index in [4.69, 9.17) is 9.47 Å². The fraction of sp³-hybridized carbons (Fsp3) is 0. The van der Waals surface area contributed by atoms with Crippen molar-refractivity contribution in [3.05, 3.63) is 158 Å². The van der Waals surface area contributed by atoms with Crippen LogP contribution in [0, 0.1) is 0 Å². The Labute approximate surface area is 267 Å². The Kier molecular flexibility index (Phi) is 5.37. The summed E-state index contributed by atoms with van der Waals surface area (Å²) in [5.41, 5.74) is 11.5. The smallest absolute Gasteiger partial charge is 0.260 e. The van der Waals surface area contributed by atoms with E-state index in [1.54, 1.807) is 0 Å². The van der Waals surface area contributed by atoms with E-state index in [1.165, 1.54) is 21.8 Å². The molecule has 2 aliphatic heterocycles. The van der Waals surface area contributed by atoms with Gasteiger partial charge in [0, 0.05) is 27.5 Å². The Bertz CT molecular complexity index is 2430. The Morgan fingerprint density at radius 2 is 1.09 bits per heavy atom. The molecule has 0 atom stereocenters. The molecule has 0 N–H and O–H groups in total. The van der Waals surface area contributed by atoms with E-state index in [9.17, 15) is 0 Å². The van der Waals surface area contributed by atoms with E-state index in [0.717, 1.165) is 67.3 Å². The average Bonchev–Trinajstić information content (AvgIpc) is 3.46. The zero-order valence-electron chi connectivity index (χ0n) is 24.9. The molecule has 0 saturated carbocycles. The predicted octanol–water partition coefficient (Wildman–Crippen LogP) is 8.85. The fourth-order valence-corrected chi connectivity index (χ4v) is 7.48. The number of hydrogen-bond donors (Lipinski definition) is 0. The molecule has 2 aliphatic rings. The topological polar surface area (TPSA) is 23.4 Å². The summed E-state index contributed by atoms with van der Waals surface area (Å²) in [6, 6.07) is 55.9. The maximum atomic E-state index is 6.67. The zero-order valence-corrected chi connectivity index (χ0v) is 24.9. The SMILES string of the molecule is c1ccc(-c2cccc3c2Oc2cccc4c2B3c2cc(-c3ccc(-n5c6ccccc6c6ccccc65)cc3)ccc2O4)cc1. The summed E-state index contributed by atoms with van der Waals surface area (Å²) in [7, 11) is 0. The lowest BCUT2D eigenvalue weighted by Crippen LogP contribution is -2.57. The molecule has 0 unspecified atom stereocenters. The average molecular weight is 587 g/mol. The van der Waals surface area contributed by atoms with Crippen molar-refractivity contribution in [1.29, 1.82) is 0 Å². The highest BCUT2D eigenvalue weighted by Gasteiger charge is 2.40. The molecule has 46 heavy (non-hydrogen) atoms. The van der Waals surface area contributed by atoms with Gasteiger partial charge in [-0.05, 0) is 70.1 Å². The van der Waals surface area contributed by atoms with Gasteiger partial charge in [-0.2, -0.15) is 0 Å². The Morgan fingerprint density at radius 1 is 0.435 bits per heavy atom. The summed E-state index contributed by atoms with van der Waals surface area (Å²) in [5, 5.41) is 2.53. The van der Waals surface area contributed by atoms with E-state index >= 15 is 0 Å². The molecule has 0 aliphatic carbocycles. The number of benzene rings is 7. The molecule has 7 aromatic carbocycles. The standard InChI is InChI=1S/C42H26BNO2/c1-2-10-28(11-3-1)31-14-8-15-34-42(31)46-40-19-9-18-39-41(40)43(34)35-26-29(22-25-38(35)45-39)27-20-23-30(24-21-27)44-36-16-6-4-12-32(36)33-13-5-7-17-37(33)44/h1-26H. The minimum atomic E-state index is -0.000751. The lowest BCUT2D eigenvalue weighted by atomic mass is 9.34. The van der Waals surface area contributed by atoms with E-state index in [1.807, 2.05) is 18.2 Å². The van der Waals surface area contributed by atoms with E-state index in [-0.39, 0.29) is 6.71 Å². The minimum absolute atomic E-state index is 0.000751. The summed E-state index contributed by atoms with van der Waals surface area (Å²) >= 11 is 0. The minimum Gasteiger partial charge on any atom is -0.458 e. The highest BCUT2D eigenvalue weighted by atomic mass is 16.5. The number of rotatable bonds is 3. The van der Waals surface area contributed by atoms with Crippen LogP contribution in [-0.2, 0) is 0 Å². The van der Waals surface area contributed by atoms with Gasteiger partial charge in [0.1, 0.15) is 23.0 Å². The quantitative estimate of drug-likeness (QED) is 0.193. The molecular weight excluding hydrogens is 561 g/mol. The summed E-state index contributed by atoms with van der Waals surface area (Å²) in [6.45, 7) is -0.000751. The summed E-state index contributed by atoms with van der Waals surface area (Å²) in [5.74, 6) is 3.51. The first-order valence-electron chi connectivity index (χ1n) is 15.7. The second-order valence-electron chi connectivity index (χ2n) is 12.1. The first kappa shape index (κ1) is 25.3. The molecule has 1 aromatic heterocycles. The molecule has 0 spiro atoms. The van der Waals surface area contributed by atoms with Gasteiger partial charge in [-0.3, -0.25) is 0 Å². The first-order valence-corrected chi connectivity index (χ1v) is 15.7. The zero-order chi connectivity index (χ0) is 30.2. The third-order valence-electron chi connectivity index (χ3n) is 9.55. The molecule has 0 saturated heterocycles. The van der Waals surface area contributed by atoms with Gasteiger partial charge in [0.15, 0.2) is 0 Å². The fourth-order valence-electron chi connectivity index (χ4n) is 7.48. The van der Waals surface area contributed by atoms with Crippen LogP contribution in [0.5, 0.6) is 23.0 Å². The van der Waals surface area contributed by atoms with Gasteiger partial charge in [0.2, 0.25) is 0 Å². The monoisotopic (exact) mass is 587 g/mol. The molecule has 10 rings (SSSR count). The summed E-state index contributed by atoms with van der Waals surface area (Å²) < 4.78 is 15.5. The number of hydrogen-bond acceptors (Lipinski definition) is 2. The number of fused-ring (bicyclic) bond motifs is 7. The van der Waals surface area contributed by atoms with Crippen molar-refractivity contribution < 1.29 is 9.47 Å². The van der Waals surface area contributed by atoms with E-state index < -0.39 is 0 Å². The number of ether oxygens (including phenoxy) is 2. The lowest BCUT2D eigenvalue weighted by Gasteiger charge is -2.34. The van der Waals surface area contributed by atoms with Gasteiger partial charge >= 0.3 is 0 Å². The van der Waals surface area contributed by atoms with Crippen molar-refractivity contribution in [3.8, 4) is 50.9 Å². The van der Waals surface area contributed by atoms with Crippen LogP contribution in [0.25, 0.3) is 49.7 Å². The molecule has 214 valence electrons. The third-order valence-corrected chi connectivity index (χ3v) is 9.55. The van der Waals surface area contributed by atoms with Crippen molar-refractivity contribution in [2.45, 2.75) is 0 Å². The first-order chi connectivity index (χ1) is 22.8. The summed E-state index contributed by atoms with van der Waals surface area (Å²) in [6.07, 6.45) is 0. The number of nitrogens with zero attached hydrogens (tertiary/aromatic N) is 1. The van der Waals surface area contributed by atoms with Gasteiger partial charge in [0.25, 0.3) is 6.71 Å². The van der Waals surface area contributed by atoms with Crippen molar-refractivity contribution in [3.63, 3.8) is 0 Å². The van der Waals surface area contributed by atoms with E-state index in [0.29, 0.717) is 0 Å². The molecule has 8 aromatic rings. The van der Waals surface area contributed by atoms with Crippen LogP contribution < -0.4 is 25.9 Å². The van der Waals surface area contributed by atoms with Crippen LogP contribution in [-0.4, -0.2) is 11.3 Å². The van der Waals surface area contributed by atoms with Gasteiger partial charge in [-0.15, -0.1) is 0 Å². The molecule has 0 radical (unpaired) electrons. The molecule has 3 heterocycles.